The Bertz CT molecular complexity index is 1130. The average molecular weight is 387 g/mol. The number of nitrogens with one attached hydrogen (secondary N) is 2. The highest BCUT2D eigenvalue weighted by Gasteiger charge is 2.22. The number of carbonyl (C=O) groups excluding carboxylic acids is 2. The first-order chi connectivity index (χ1) is 14.2. The van der Waals surface area contributed by atoms with E-state index in [1.807, 2.05) is 36.4 Å². The molecule has 6 heteroatoms. The minimum Gasteiger partial charge on any atom is -0.492 e. The predicted octanol–water partition coefficient (Wildman–Crippen LogP) is 2.70. The summed E-state index contributed by atoms with van der Waals surface area (Å²) in [6, 6.07) is 13.9. The van der Waals surface area contributed by atoms with Crippen molar-refractivity contribution in [3.63, 3.8) is 0 Å². The summed E-state index contributed by atoms with van der Waals surface area (Å²) in [6.07, 6.45) is 3.10. The second kappa shape index (κ2) is 7.20. The molecule has 146 valence electrons. The molecule has 2 aromatic carbocycles. The number of fused-ring (bicyclic) bond motifs is 2. The molecule has 1 unspecified atom stereocenters. The van der Waals surface area contributed by atoms with Crippen LogP contribution in [0.25, 0.3) is 22.0 Å². The van der Waals surface area contributed by atoms with Crippen molar-refractivity contribution in [2.75, 3.05) is 19.7 Å². The molecule has 0 saturated carbocycles. The van der Waals surface area contributed by atoms with Gasteiger partial charge in [-0.05, 0) is 53.4 Å². The number of carbonyl (C=O) groups is 2. The molecule has 1 atom stereocenters. The van der Waals surface area contributed by atoms with Crippen LogP contribution in [0.15, 0.2) is 48.7 Å². The maximum Gasteiger partial charge on any atom is 0.251 e. The van der Waals surface area contributed by atoms with Crippen molar-refractivity contribution in [1.29, 1.82) is 0 Å². The van der Waals surface area contributed by atoms with Gasteiger partial charge in [-0.1, -0.05) is 12.1 Å². The van der Waals surface area contributed by atoms with Gasteiger partial charge in [-0.3, -0.25) is 14.6 Å². The number of ether oxygens (including phenoxy) is 1. The van der Waals surface area contributed by atoms with Gasteiger partial charge in [-0.15, -0.1) is 0 Å². The largest absolute Gasteiger partial charge is 0.492 e. The van der Waals surface area contributed by atoms with Gasteiger partial charge >= 0.3 is 0 Å². The first-order valence-corrected chi connectivity index (χ1v) is 9.87. The highest BCUT2D eigenvalue weighted by Crippen LogP contribution is 2.33. The molecule has 2 amide bonds. The third kappa shape index (κ3) is 3.42. The Labute approximate surface area is 168 Å². The topological polar surface area (TPSA) is 80.3 Å². The van der Waals surface area contributed by atoms with E-state index in [-0.39, 0.29) is 17.7 Å². The molecule has 2 N–H and O–H groups in total. The molecule has 1 aromatic heterocycles. The van der Waals surface area contributed by atoms with Crippen molar-refractivity contribution in [1.82, 2.24) is 15.6 Å². The Hall–Kier alpha value is -3.41. The molecular formula is C23H21N3O3. The zero-order chi connectivity index (χ0) is 19.8. The molecule has 2 aliphatic heterocycles. The van der Waals surface area contributed by atoms with Gasteiger partial charge in [0.2, 0.25) is 5.91 Å². The van der Waals surface area contributed by atoms with Gasteiger partial charge in [-0.2, -0.15) is 0 Å². The van der Waals surface area contributed by atoms with Gasteiger partial charge in [0.25, 0.3) is 5.91 Å². The van der Waals surface area contributed by atoms with Crippen LogP contribution in [0.3, 0.4) is 0 Å². The molecular weight excluding hydrogens is 366 g/mol. The Kier molecular flexibility index (Phi) is 4.39. The third-order valence-corrected chi connectivity index (χ3v) is 5.58. The Morgan fingerprint density at radius 1 is 1.07 bits per heavy atom. The number of rotatable bonds is 4. The first kappa shape index (κ1) is 17.7. The van der Waals surface area contributed by atoms with Crippen LogP contribution < -0.4 is 15.4 Å². The maximum atomic E-state index is 12.0. The lowest BCUT2D eigenvalue weighted by Crippen LogP contribution is -2.31. The summed E-state index contributed by atoms with van der Waals surface area (Å²) < 4.78 is 6.15. The van der Waals surface area contributed by atoms with Crippen molar-refractivity contribution < 1.29 is 14.3 Å². The lowest BCUT2D eigenvalue weighted by atomic mass is 9.94. The maximum absolute atomic E-state index is 12.0. The number of nitrogens with zero attached hydrogens (tertiary/aromatic N) is 1. The summed E-state index contributed by atoms with van der Waals surface area (Å²) in [5.74, 6) is 1.01. The predicted molar refractivity (Wildman–Crippen MR) is 110 cm³/mol. The lowest BCUT2D eigenvalue weighted by molar-refractivity contribution is -0.119. The van der Waals surface area contributed by atoms with Crippen LogP contribution in [-0.2, 0) is 11.2 Å². The monoisotopic (exact) mass is 387 g/mol. The number of pyridine rings is 1. The highest BCUT2D eigenvalue weighted by atomic mass is 16.5. The summed E-state index contributed by atoms with van der Waals surface area (Å²) >= 11 is 0. The molecule has 3 aromatic rings. The number of hydrogen-bond acceptors (Lipinski definition) is 4. The Balaban J connectivity index is 1.51. The van der Waals surface area contributed by atoms with Gasteiger partial charge in [0.1, 0.15) is 5.75 Å². The van der Waals surface area contributed by atoms with Crippen LogP contribution in [0.5, 0.6) is 5.75 Å². The van der Waals surface area contributed by atoms with Crippen LogP contribution in [0.2, 0.25) is 0 Å². The van der Waals surface area contributed by atoms with E-state index in [9.17, 15) is 9.59 Å². The molecule has 0 bridgehead atoms. The average Bonchev–Trinajstić information content (AvgIpc) is 3.17. The van der Waals surface area contributed by atoms with E-state index in [1.54, 1.807) is 6.20 Å². The zero-order valence-corrected chi connectivity index (χ0v) is 15.9. The molecule has 1 fully saturated rings. The molecule has 0 spiro atoms. The van der Waals surface area contributed by atoms with E-state index < -0.39 is 0 Å². The minimum absolute atomic E-state index is 0.0123. The second-order valence-corrected chi connectivity index (χ2v) is 7.61. The van der Waals surface area contributed by atoms with E-state index in [4.69, 9.17) is 4.74 Å². The van der Waals surface area contributed by atoms with Gasteiger partial charge in [0, 0.05) is 42.6 Å². The van der Waals surface area contributed by atoms with Gasteiger partial charge in [-0.25, -0.2) is 0 Å². The highest BCUT2D eigenvalue weighted by molar-refractivity contribution is 5.97. The summed E-state index contributed by atoms with van der Waals surface area (Å²) in [7, 11) is 0. The van der Waals surface area contributed by atoms with Crippen molar-refractivity contribution >= 4 is 22.7 Å². The SMILES string of the molecule is O=C1CC(COc2cc(-c3ccc4c(c3)CCNC4=O)cc3ncccc23)CN1. The van der Waals surface area contributed by atoms with Gasteiger partial charge < -0.3 is 15.4 Å². The second-order valence-electron chi connectivity index (χ2n) is 7.61. The molecule has 2 aliphatic rings. The first-order valence-electron chi connectivity index (χ1n) is 9.87. The molecule has 5 rings (SSSR count). The fraction of sp³-hybridized carbons (Fsp3) is 0.261. The number of hydrogen-bond donors (Lipinski definition) is 2. The molecule has 1 saturated heterocycles. The number of aromatic nitrogens is 1. The van der Waals surface area contributed by atoms with E-state index in [1.165, 1.54) is 0 Å². The fourth-order valence-corrected chi connectivity index (χ4v) is 4.03. The summed E-state index contributed by atoms with van der Waals surface area (Å²) in [5, 5.41) is 6.68. The van der Waals surface area contributed by atoms with Gasteiger partial charge in [0.05, 0.1) is 12.1 Å². The molecule has 0 aliphatic carbocycles. The van der Waals surface area contributed by atoms with Crippen molar-refractivity contribution in [2.45, 2.75) is 12.8 Å². The summed E-state index contributed by atoms with van der Waals surface area (Å²) in [4.78, 5) is 28.0. The van der Waals surface area contributed by atoms with Crippen LogP contribution >= 0.6 is 0 Å². The van der Waals surface area contributed by atoms with E-state index >= 15 is 0 Å². The van der Waals surface area contributed by atoms with E-state index in [0.29, 0.717) is 26.1 Å². The van der Waals surface area contributed by atoms with Crippen molar-refractivity contribution in [2.24, 2.45) is 5.92 Å². The third-order valence-electron chi connectivity index (χ3n) is 5.58. The van der Waals surface area contributed by atoms with E-state index in [0.717, 1.165) is 45.3 Å². The summed E-state index contributed by atoms with van der Waals surface area (Å²) in [5.41, 5.74) is 4.70. The quantitative estimate of drug-likeness (QED) is 0.721. The Morgan fingerprint density at radius 3 is 2.86 bits per heavy atom. The van der Waals surface area contributed by atoms with Crippen LogP contribution in [0.1, 0.15) is 22.3 Å². The fourth-order valence-electron chi connectivity index (χ4n) is 4.03. The lowest BCUT2D eigenvalue weighted by Gasteiger charge is -2.18. The van der Waals surface area contributed by atoms with E-state index in [2.05, 4.69) is 21.7 Å². The standard InChI is InChI=1S/C23H21N3O3/c27-22-8-14(12-26-22)13-29-21-11-17(10-20-19(21)2-1-6-24-20)15-3-4-18-16(9-15)5-7-25-23(18)28/h1-4,6,9-11,14H,5,7-8,12-13H2,(H,25,28)(H,26,27). The zero-order valence-electron chi connectivity index (χ0n) is 15.9. The smallest absolute Gasteiger partial charge is 0.251 e. The van der Waals surface area contributed by atoms with Crippen LogP contribution in [0.4, 0.5) is 0 Å². The van der Waals surface area contributed by atoms with Gasteiger partial charge in [0.15, 0.2) is 0 Å². The van der Waals surface area contributed by atoms with Crippen molar-refractivity contribution in [3.8, 4) is 16.9 Å². The summed E-state index contributed by atoms with van der Waals surface area (Å²) in [6.45, 7) is 1.80. The molecule has 29 heavy (non-hydrogen) atoms. The molecule has 0 radical (unpaired) electrons. The molecule has 3 heterocycles. The van der Waals surface area contributed by atoms with Crippen LogP contribution in [-0.4, -0.2) is 36.5 Å². The molecule has 6 nitrogen and oxygen atoms in total. The number of amides is 2. The Morgan fingerprint density at radius 2 is 2.00 bits per heavy atom. The van der Waals surface area contributed by atoms with Crippen molar-refractivity contribution in [3.05, 3.63) is 59.8 Å². The normalized spacial score (nSPS) is 18.3. The number of benzene rings is 2. The minimum atomic E-state index is -0.0123. The van der Waals surface area contributed by atoms with Crippen LogP contribution in [0, 0.1) is 5.92 Å².